The molecule has 0 aliphatic rings. The zero-order chi connectivity index (χ0) is 14.5. The number of furan rings is 1. The number of hydrogen-bond acceptors (Lipinski definition) is 3. The van der Waals surface area contributed by atoms with Crippen LogP contribution in [0.5, 0.6) is 0 Å². The van der Waals surface area contributed by atoms with E-state index >= 15 is 0 Å². The van der Waals surface area contributed by atoms with Crippen molar-refractivity contribution in [3.8, 4) is 0 Å². The first kappa shape index (κ1) is 14.3. The van der Waals surface area contributed by atoms with E-state index in [0.29, 0.717) is 24.6 Å². The molecule has 4 nitrogen and oxygen atoms in total. The molecule has 106 valence electrons. The lowest BCUT2D eigenvalue weighted by Gasteiger charge is -2.03. The molecule has 1 aromatic carbocycles. The molecule has 2 N–H and O–H groups in total. The molecule has 0 amide bonds. The highest BCUT2D eigenvalue weighted by atomic mass is 19.1. The minimum Gasteiger partial charge on any atom is -0.478 e. The first-order chi connectivity index (χ1) is 9.56. The molecule has 0 saturated carbocycles. The zero-order valence-electron chi connectivity index (χ0n) is 11.1. The van der Waals surface area contributed by atoms with Crippen LogP contribution in [-0.4, -0.2) is 17.6 Å². The molecular weight excluding hydrogens is 261 g/mol. The minimum absolute atomic E-state index is 0.195. The number of aromatic carboxylic acids is 1. The van der Waals surface area contributed by atoms with Crippen LogP contribution < -0.4 is 5.32 Å². The smallest absolute Gasteiger partial charge is 0.339 e. The number of hydrogen-bond donors (Lipinski definition) is 2. The first-order valence-electron chi connectivity index (χ1n) is 6.34. The fourth-order valence-electron chi connectivity index (χ4n) is 1.94. The van der Waals surface area contributed by atoms with E-state index in [2.05, 4.69) is 5.32 Å². The lowest BCUT2D eigenvalue weighted by Crippen LogP contribution is -2.16. The summed E-state index contributed by atoms with van der Waals surface area (Å²) >= 11 is 0. The summed E-state index contributed by atoms with van der Waals surface area (Å²) in [6, 6.07) is 7.89. The van der Waals surface area contributed by atoms with E-state index in [9.17, 15) is 9.18 Å². The Balaban J connectivity index is 1.80. The van der Waals surface area contributed by atoms with Gasteiger partial charge in [-0.05, 0) is 43.7 Å². The molecule has 0 radical (unpaired) electrons. The quantitative estimate of drug-likeness (QED) is 0.797. The molecule has 0 aliphatic heterocycles. The largest absolute Gasteiger partial charge is 0.478 e. The van der Waals surface area contributed by atoms with E-state index in [4.69, 9.17) is 9.52 Å². The number of benzene rings is 1. The molecule has 5 heteroatoms. The molecule has 2 rings (SSSR count). The Morgan fingerprint density at radius 1 is 1.35 bits per heavy atom. The van der Waals surface area contributed by atoms with Crippen LogP contribution in [0.15, 0.2) is 34.7 Å². The Hall–Kier alpha value is -2.14. The number of halogens is 1. The van der Waals surface area contributed by atoms with Gasteiger partial charge in [-0.25, -0.2) is 9.18 Å². The van der Waals surface area contributed by atoms with Crippen molar-refractivity contribution in [1.82, 2.24) is 5.32 Å². The van der Waals surface area contributed by atoms with Crippen LogP contribution in [0.1, 0.15) is 27.4 Å². The maximum absolute atomic E-state index is 12.7. The van der Waals surface area contributed by atoms with Gasteiger partial charge in [-0.2, -0.15) is 0 Å². The van der Waals surface area contributed by atoms with Gasteiger partial charge in [-0.15, -0.1) is 0 Å². The number of rotatable bonds is 6. The van der Waals surface area contributed by atoms with Crippen LogP contribution >= 0.6 is 0 Å². The maximum Gasteiger partial charge on any atom is 0.339 e. The third-order valence-electron chi connectivity index (χ3n) is 3.00. The van der Waals surface area contributed by atoms with E-state index in [-0.39, 0.29) is 11.4 Å². The van der Waals surface area contributed by atoms with Crippen molar-refractivity contribution in [3.05, 3.63) is 58.8 Å². The number of aryl methyl sites for hydroxylation is 1. The summed E-state index contributed by atoms with van der Waals surface area (Å²) in [6.45, 7) is 2.80. The molecule has 0 aliphatic carbocycles. The molecular formula is C15H16FNO3. The van der Waals surface area contributed by atoms with E-state index in [1.807, 2.05) is 0 Å². The molecule has 0 fully saturated rings. The summed E-state index contributed by atoms with van der Waals surface area (Å²) < 4.78 is 18.1. The summed E-state index contributed by atoms with van der Waals surface area (Å²) in [5, 5.41) is 12.1. The maximum atomic E-state index is 12.7. The molecule has 0 saturated heterocycles. The topological polar surface area (TPSA) is 62.5 Å². The molecule has 1 aromatic heterocycles. The van der Waals surface area contributed by atoms with Crippen molar-refractivity contribution in [1.29, 1.82) is 0 Å². The number of carboxylic acid groups (broad SMARTS) is 1. The molecule has 0 bridgehead atoms. The predicted molar refractivity (Wildman–Crippen MR) is 72.2 cm³/mol. The van der Waals surface area contributed by atoms with Gasteiger partial charge in [0.2, 0.25) is 0 Å². The van der Waals surface area contributed by atoms with Crippen LogP contribution in [-0.2, 0) is 13.0 Å². The van der Waals surface area contributed by atoms with E-state index in [1.54, 1.807) is 19.1 Å². The zero-order valence-corrected chi connectivity index (χ0v) is 11.1. The van der Waals surface area contributed by atoms with Crippen LogP contribution in [0.2, 0.25) is 0 Å². The number of nitrogens with one attached hydrogen (secondary N) is 1. The van der Waals surface area contributed by atoms with Crippen LogP contribution in [0, 0.1) is 12.7 Å². The lowest BCUT2D eigenvalue weighted by atomic mass is 10.1. The highest BCUT2D eigenvalue weighted by Gasteiger charge is 2.12. The number of carboxylic acids is 1. The molecule has 1 heterocycles. The van der Waals surface area contributed by atoms with E-state index in [0.717, 1.165) is 12.0 Å². The van der Waals surface area contributed by atoms with Crippen molar-refractivity contribution < 1.29 is 18.7 Å². The molecule has 0 spiro atoms. The average Bonchev–Trinajstić information content (AvgIpc) is 2.78. The van der Waals surface area contributed by atoms with Gasteiger partial charge in [0.1, 0.15) is 22.9 Å². The first-order valence-corrected chi connectivity index (χ1v) is 6.34. The third kappa shape index (κ3) is 3.68. The fraction of sp³-hybridized carbons (Fsp3) is 0.267. The second kappa shape index (κ2) is 6.34. The second-order valence-corrected chi connectivity index (χ2v) is 4.54. The summed E-state index contributed by atoms with van der Waals surface area (Å²) in [7, 11) is 0. The van der Waals surface area contributed by atoms with Crippen molar-refractivity contribution in [2.75, 3.05) is 6.54 Å². The second-order valence-electron chi connectivity index (χ2n) is 4.54. The molecule has 0 unspecified atom stereocenters. The third-order valence-corrected chi connectivity index (χ3v) is 3.00. The normalized spacial score (nSPS) is 10.7. The SMILES string of the molecule is Cc1oc(CNCCc2ccc(F)cc2)cc1C(=O)O. The van der Waals surface area contributed by atoms with Crippen LogP contribution in [0.25, 0.3) is 0 Å². The van der Waals surface area contributed by atoms with Crippen molar-refractivity contribution in [2.24, 2.45) is 0 Å². The van der Waals surface area contributed by atoms with Gasteiger partial charge in [-0.1, -0.05) is 12.1 Å². The summed E-state index contributed by atoms with van der Waals surface area (Å²) in [5.74, 6) is -0.218. The molecule has 20 heavy (non-hydrogen) atoms. The standard InChI is InChI=1S/C15H16FNO3/c1-10-14(15(18)19)8-13(20-10)9-17-7-6-11-2-4-12(16)5-3-11/h2-5,8,17H,6-7,9H2,1H3,(H,18,19). The average molecular weight is 277 g/mol. The monoisotopic (exact) mass is 277 g/mol. The highest BCUT2D eigenvalue weighted by Crippen LogP contribution is 2.14. The van der Waals surface area contributed by atoms with E-state index < -0.39 is 5.97 Å². The summed E-state index contributed by atoms with van der Waals surface area (Å²) in [6.07, 6.45) is 0.770. The Kier molecular flexibility index (Phi) is 4.53. The van der Waals surface area contributed by atoms with Gasteiger partial charge in [0.15, 0.2) is 0 Å². The predicted octanol–water partition coefficient (Wildman–Crippen LogP) is 2.76. The van der Waals surface area contributed by atoms with Crippen molar-refractivity contribution >= 4 is 5.97 Å². The van der Waals surface area contributed by atoms with Gasteiger partial charge < -0.3 is 14.8 Å². The summed E-state index contributed by atoms with van der Waals surface area (Å²) in [4.78, 5) is 10.9. The fourth-order valence-corrected chi connectivity index (χ4v) is 1.94. The van der Waals surface area contributed by atoms with Crippen molar-refractivity contribution in [3.63, 3.8) is 0 Å². The molecule has 0 atom stereocenters. The van der Waals surface area contributed by atoms with Gasteiger partial charge in [-0.3, -0.25) is 0 Å². The van der Waals surface area contributed by atoms with Crippen LogP contribution in [0.3, 0.4) is 0 Å². The van der Waals surface area contributed by atoms with Gasteiger partial charge in [0, 0.05) is 0 Å². The Morgan fingerprint density at radius 3 is 2.65 bits per heavy atom. The lowest BCUT2D eigenvalue weighted by molar-refractivity contribution is 0.0695. The minimum atomic E-state index is -0.983. The van der Waals surface area contributed by atoms with Gasteiger partial charge in [0.05, 0.1) is 6.54 Å². The van der Waals surface area contributed by atoms with Gasteiger partial charge >= 0.3 is 5.97 Å². The van der Waals surface area contributed by atoms with Gasteiger partial charge in [0.25, 0.3) is 0 Å². The Morgan fingerprint density at radius 2 is 2.05 bits per heavy atom. The molecule has 2 aromatic rings. The van der Waals surface area contributed by atoms with E-state index in [1.165, 1.54) is 18.2 Å². The Labute approximate surface area is 116 Å². The Bertz CT molecular complexity index is 590. The van der Waals surface area contributed by atoms with Crippen molar-refractivity contribution in [2.45, 2.75) is 19.9 Å². The highest BCUT2D eigenvalue weighted by molar-refractivity contribution is 5.88. The summed E-state index contributed by atoms with van der Waals surface area (Å²) in [5.41, 5.74) is 1.24. The number of carbonyl (C=O) groups is 1. The van der Waals surface area contributed by atoms with Crippen LogP contribution in [0.4, 0.5) is 4.39 Å².